The number of aromatic nitrogens is 3. The molecule has 3 nitrogen and oxygen atoms in total. The maximum Gasteiger partial charge on any atom is 0.140 e. The van der Waals surface area contributed by atoms with Crippen LogP contribution >= 0.6 is 34.2 Å². The number of hydrogen-bond donors (Lipinski definition) is 0. The van der Waals surface area contributed by atoms with Crippen LogP contribution in [0, 0.1) is 10.5 Å². The monoisotopic (exact) mass is 535 g/mol. The first-order chi connectivity index (χ1) is 15.1. The molecule has 152 valence electrons. The molecule has 0 radical (unpaired) electrons. The molecule has 0 fully saturated rings. The van der Waals surface area contributed by atoms with Crippen molar-refractivity contribution in [3.8, 4) is 0 Å². The molecule has 0 saturated carbocycles. The molecule has 0 aliphatic carbocycles. The van der Waals surface area contributed by atoms with Crippen molar-refractivity contribution in [2.45, 2.75) is 12.5 Å². The molecule has 2 heterocycles. The van der Waals surface area contributed by atoms with Crippen molar-refractivity contribution in [2.24, 2.45) is 0 Å². The molecule has 5 heteroatoms. The van der Waals surface area contributed by atoms with Gasteiger partial charge in [0, 0.05) is 31.9 Å². The van der Waals surface area contributed by atoms with Crippen molar-refractivity contribution in [1.29, 1.82) is 0 Å². The largest absolute Gasteiger partial charge is 0.264 e. The first-order valence-electron chi connectivity index (χ1n) is 9.98. The Hall–Kier alpha value is -2.70. The van der Waals surface area contributed by atoms with E-state index in [0.29, 0.717) is 5.02 Å². The van der Waals surface area contributed by atoms with Crippen molar-refractivity contribution in [1.82, 2.24) is 14.8 Å². The second-order valence-electron chi connectivity index (χ2n) is 7.51. The van der Waals surface area contributed by atoms with E-state index in [4.69, 9.17) is 16.7 Å². The Labute approximate surface area is 199 Å². The SMILES string of the molecule is Cc1cc(Cl)c(C(c2ccccc2)(c2ccccc2)n2ncc3cnccc32)cc1I. The summed E-state index contributed by atoms with van der Waals surface area (Å²) >= 11 is 9.38. The predicted molar refractivity (Wildman–Crippen MR) is 135 cm³/mol. The van der Waals surface area contributed by atoms with Crippen LogP contribution in [0.5, 0.6) is 0 Å². The lowest BCUT2D eigenvalue weighted by molar-refractivity contribution is 0.475. The van der Waals surface area contributed by atoms with E-state index in [1.165, 1.54) is 0 Å². The Kier molecular flexibility index (Phi) is 5.28. The molecule has 3 aromatic carbocycles. The van der Waals surface area contributed by atoms with Gasteiger partial charge in [0.05, 0.1) is 11.7 Å². The molecular weight excluding hydrogens is 517 g/mol. The third kappa shape index (κ3) is 3.25. The second-order valence-corrected chi connectivity index (χ2v) is 9.08. The lowest BCUT2D eigenvalue weighted by atomic mass is 9.76. The zero-order valence-electron chi connectivity index (χ0n) is 16.8. The quantitative estimate of drug-likeness (QED) is 0.186. The molecule has 0 aliphatic rings. The van der Waals surface area contributed by atoms with E-state index in [1.807, 2.05) is 42.9 Å². The smallest absolute Gasteiger partial charge is 0.140 e. The van der Waals surface area contributed by atoms with Gasteiger partial charge in [0.15, 0.2) is 0 Å². The number of aryl methyl sites for hydroxylation is 1. The highest BCUT2D eigenvalue weighted by atomic mass is 127. The fourth-order valence-electron chi connectivity index (χ4n) is 4.26. The van der Waals surface area contributed by atoms with Crippen LogP contribution in [0.4, 0.5) is 0 Å². The fourth-order valence-corrected chi connectivity index (χ4v) is 5.08. The molecule has 0 atom stereocenters. The molecular formula is C26H19ClIN3. The van der Waals surface area contributed by atoms with Crippen molar-refractivity contribution >= 4 is 45.1 Å². The molecule has 2 aromatic heterocycles. The number of benzene rings is 3. The number of hydrogen-bond acceptors (Lipinski definition) is 2. The maximum absolute atomic E-state index is 7.00. The minimum atomic E-state index is -0.754. The number of nitrogens with zero attached hydrogens (tertiary/aromatic N) is 3. The van der Waals surface area contributed by atoms with E-state index in [-0.39, 0.29) is 0 Å². The van der Waals surface area contributed by atoms with Crippen LogP contribution in [0.1, 0.15) is 22.3 Å². The summed E-state index contributed by atoms with van der Waals surface area (Å²) in [6.45, 7) is 2.08. The first kappa shape index (κ1) is 20.2. The second kappa shape index (κ2) is 8.09. The third-order valence-electron chi connectivity index (χ3n) is 5.71. The fraction of sp³-hybridized carbons (Fsp3) is 0.0769. The number of rotatable bonds is 4. The molecule has 5 rings (SSSR count). The third-order valence-corrected chi connectivity index (χ3v) is 7.18. The molecule has 5 aromatic rings. The molecule has 0 aliphatic heterocycles. The van der Waals surface area contributed by atoms with Crippen LogP contribution < -0.4 is 0 Å². The van der Waals surface area contributed by atoms with E-state index in [2.05, 4.69) is 93.8 Å². The summed E-state index contributed by atoms with van der Waals surface area (Å²) in [5.41, 5.74) is 4.56. The van der Waals surface area contributed by atoms with Gasteiger partial charge in [-0.15, -0.1) is 0 Å². The van der Waals surface area contributed by atoms with Crippen molar-refractivity contribution < 1.29 is 0 Å². The van der Waals surface area contributed by atoms with Crippen LogP contribution in [0.3, 0.4) is 0 Å². The zero-order valence-corrected chi connectivity index (χ0v) is 19.7. The Morgan fingerprint density at radius 2 is 1.52 bits per heavy atom. The van der Waals surface area contributed by atoms with Crippen LogP contribution in [0.25, 0.3) is 10.9 Å². The van der Waals surface area contributed by atoms with E-state index >= 15 is 0 Å². The van der Waals surface area contributed by atoms with Crippen molar-refractivity contribution in [2.75, 3.05) is 0 Å². The Bertz CT molecular complexity index is 1320. The Balaban J connectivity index is 2.00. The van der Waals surface area contributed by atoms with Gasteiger partial charge in [-0.1, -0.05) is 72.3 Å². The van der Waals surface area contributed by atoms with E-state index in [1.54, 1.807) is 0 Å². The van der Waals surface area contributed by atoms with Gasteiger partial charge < -0.3 is 0 Å². The highest BCUT2D eigenvalue weighted by molar-refractivity contribution is 14.1. The normalized spacial score (nSPS) is 11.7. The van der Waals surface area contributed by atoms with E-state index in [0.717, 1.165) is 36.7 Å². The molecule has 0 spiro atoms. The van der Waals surface area contributed by atoms with Crippen molar-refractivity contribution in [3.05, 3.63) is 128 Å². The minimum absolute atomic E-state index is 0.711. The predicted octanol–water partition coefficient (Wildman–Crippen LogP) is 6.84. The van der Waals surface area contributed by atoms with Gasteiger partial charge in [0.2, 0.25) is 0 Å². The van der Waals surface area contributed by atoms with Crippen LogP contribution in [-0.2, 0) is 5.54 Å². The molecule has 0 saturated heterocycles. The lowest BCUT2D eigenvalue weighted by Crippen LogP contribution is -2.39. The highest BCUT2D eigenvalue weighted by Gasteiger charge is 2.42. The summed E-state index contributed by atoms with van der Waals surface area (Å²) in [6, 6.07) is 27.1. The summed E-state index contributed by atoms with van der Waals surface area (Å²) in [5, 5.41) is 6.60. The molecule has 31 heavy (non-hydrogen) atoms. The topological polar surface area (TPSA) is 30.7 Å². The van der Waals surface area contributed by atoms with Crippen LogP contribution in [0.15, 0.2) is 97.5 Å². The summed E-state index contributed by atoms with van der Waals surface area (Å²) in [4.78, 5) is 4.29. The van der Waals surface area contributed by atoms with Gasteiger partial charge in [-0.25, -0.2) is 4.68 Å². The van der Waals surface area contributed by atoms with Gasteiger partial charge in [-0.3, -0.25) is 4.98 Å². The molecule has 0 N–H and O–H groups in total. The van der Waals surface area contributed by atoms with Crippen LogP contribution in [0.2, 0.25) is 5.02 Å². The standard InChI is InChI=1S/C26H19ClIN3/c1-18-14-23(27)22(15-24(18)28)26(20-8-4-2-5-9-20,21-10-6-3-7-11-21)31-25-12-13-29-16-19(25)17-30-31/h2-17H,1H3. The summed E-state index contributed by atoms with van der Waals surface area (Å²) in [6.07, 6.45) is 5.53. The average Bonchev–Trinajstić information content (AvgIpc) is 3.24. The summed E-state index contributed by atoms with van der Waals surface area (Å²) < 4.78 is 3.24. The summed E-state index contributed by atoms with van der Waals surface area (Å²) in [7, 11) is 0. The Morgan fingerprint density at radius 3 is 2.16 bits per heavy atom. The molecule has 0 bridgehead atoms. The van der Waals surface area contributed by atoms with Gasteiger partial charge in [0.25, 0.3) is 0 Å². The van der Waals surface area contributed by atoms with Gasteiger partial charge in [0.1, 0.15) is 5.54 Å². The first-order valence-corrected chi connectivity index (χ1v) is 11.4. The molecule has 0 amide bonds. The zero-order chi connectivity index (χ0) is 21.4. The van der Waals surface area contributed by atoms with Gasteiger partial charge in [-0.05, 0) is 64.4 Å². The van der Waals surface area contributed by atoms with E-state index < -0.39 is 5.54 Å². The number of fused-ring (bicyclic) bond motifs is 1. The maximum atomic E-state index is 7.00. The van der Waals surface area contributed by atoms with E-state index in [9.17, 15) is 0 Å². The Morgan fingerprint density at radius 1 is 0.871 bits per heavy atom. The average molecular weight is 536 g/mol. The van der Waals surface area contributed by atoms with Gasteiger partial charge >= 0.3 is 0 Å². The van der Waals surface area contributed by atoms with Crippen LogP contribution in [-0.4, -0.2) is 14.8 Å². The number of halogens is 2. The highest BCUT2D eigenvalue weighted by Crippen LogP contribution is 2.45. The lowest BCUT2D eigenvalue weighted by Gasteiger charge is -2.37. The minimum Gasteiger partial charge on any atom is -0.264 e. The van der Waals surface area contributed by atoms with Gasteiger partial charge in [-0.2, -0.15) is 5.10 Å². The van der Waals surface area contributed by atoms with Crippen molar-refractivity contribution in [3.63, 3.8) is 0 Å². The number of pyridine rings is 1. The summed E-state index contributed by atoms with van der Waals surface area (Å²) in [5.74, 6) is 0. The molecule has 0 unspecified atom stereocenters.